The van der Waals surface area contributed by atoms with Gasteiger partial charge < -0.3 is 9.15 Å². The molecule has 1 aromatic carbocycles. The fraction of sp³-hybridized carbons (Fsp3) is 0.0667. The van der Waals surface area contributed by atoms with Crippen LogP contribution in [0.1, 0.15) is 5.56 Å². The van der Waals surface area contributed by atoms with Crippen molar-refractivity contribution in [1.29, 1.82) is 0 Å². The van der Waals surface area contributed by atoms with E-state index in [2.05, 4.69) is 0 Å². The predicted octanol–water partition coefficient (Wildman–Crippen LogP) is 0.551. The summed E-state index contributed by atoms with van der Waals surface area (Å²) >= 11 is 0. The zero-order chi connectivity index (χ0) is 16.6. The maximum Gasteiger partial charge on any atom is 0.328 e. The van der Waals surface area contributed by atoms with Crippen LogP contribution in [0.15, 0.2) is 39.2 Å². The molecule has 8 nitrogen and oxygen atoms in total. The Labute approximate surface area is 128 Å². The molecule has 1 aromatic heterocycles. The van der Waals surface area contributed by atoms with Crippen molar-refractivity contribution in [3.63, 3.8) is 0 Å². The largest absolute Gasteiger partial charge is 0.493 e. The lowest BCUT2D eigenvalue weighted by molar-refractivity contribution is -0.123. The molecule has 3 rings (SSSR count). The third-order valence-corrected chi connectivity index (χ3v) is 3.25. The fourth-order valence-corrected chi connectivity index (χ4v) is 2.17. The first kappa shape index (κ1) is 14.5. The third kappa shape index (κ3) is 2.46. The van der Waals surface area contributed by atoms with Crippen molar-refractivity contribution in [2.45, 2.75) is 0 Å². The maximum atomic E-state index is 12.5. The SMILES string of the molecule is COc1cccc2c(=O)c(C=C3C(=O)NC(=O)NC3=O)coc12. The normalized spacial score (nSPS) is 14.5. The predicted molar refractivity (Wildman–Crippen MR) is 78.7 cm³/mol. The molecule has 4 amide bonds. The molecule has 1 saturated heterocycles. The summed E-state index contributed by atoms with van der Waals surface area (Å²) in [6.45, 7) is 0. The van der Waals surface area contributed by atoms with Gasteiger partial charge in [-0.15, -0.1) is 0 Å². The van der Waals surface area contributed by atoms with Gasteiger partial charge in [-0.2, -0.15) is 0 Å². The molecule has 0 unspecified atom stereocenters. The summed E-state index contributed by atoms with van der Waals surface area (Å²) in [6.07, 6.45) is 2.19. The monoisotopic (exact) mass is 314 g/mol. The summed E-state index contributed by atoms with van der Waals surface area (Å²) in [4.78, 5) is 46.8. The number of hydrogen-bond acceptors (Lipinski definition) is 6. The Balaban J connectivity index is 2.15. The van der Waals surface area contributed by atoms with Gasteiger partial charge in [-0.05, 0) is 18.2 Å². The number of benzene rings is 1. The van der Waals surface area contributed by atoms with Crippen LogP contribution in [-0.4, -0.2) is 25.0 Å². The van der Waals surface area contributed by atoms with Crippen LogP contribution in [0.2, 0.25) is 0 Å². The van der Waals surface area contributed by atoms with Crippen molar-refractivity contribution in [1.82, 2.24) is 10.6 Å². The van der Waals surface area contributed by atoms with Gasteiger partial charge in [-0.1, -0.05) is 6.07 Å². The van der Waals surface area contributed by atoms with Crippen LogP contribution >= 0.6 is 0 Å². The molecule has 0 aliphatic carbocycles. The van der Waals surface area contributed by atoms with E-state index in [0.717, 1.165) is 12.3 Å². The number of ether oxygens (including phenoxy) is 1. The number of rotatable bonds is 2. The van der Waals surface area contributed by atoms with Crippen LogP contribution < -0.4 is 20.8 Å². The van der Waals surface area contributed by atoms with E-state index in [9.17, 15) is 19.2 Å². The Morgan fingerprint density at radius 2 is 1.78 bits per heavy atom. The molecule has 0 saturated carbocycles. The van der Waals surface area contributed by atoms with Crippen molar-refractivity contribution in [2.75, 3.05) is 7.11 Å². The number of hydrogen-bond donors (Lipinski definition) is 2. The fourth-order valence-electron chi connectivity index (χ4n) is 2.17. The topological polar surface area (TPSA) is 115 Å². The molecule has 2 N–H and O–H groups in total. The second-order valence-electron chi connectivity index (χ2n) is 4.65. The summed E-state index contributed by atoms with van der Waals surface area (Å²) in [5, 5.41) is 4.09. The third-order valence-electron chi connectivity index (χ3n) is 3.25. The molecule has 0 spiro atoms. The van der Waals surface area contributed by atoms with Crippen LogP contribution in [-0.2, 0) is 9.59 Å². The van der Waals surface area contributed by atoms with Crippen molar-refractivity contribution in [2.24, 2.45) is 0 Å². The van der Waals surface area contributed by atoms with E-state index in [1.165, 1.54) is 13.2 Å². The Kier molecular flexibility index (Phi) is 3.41. The number of para-hydroxylation sites is 1. The van der Waals surface area contributed by atoms with E-state index >= 15 is 0 Å². The second kappa shape index (κ2) is 5.41. The maximum absolute atomic E-state index is 12.5. The van der Waals surface area contributed by atoms with Gasteiger partial charge >= 0.3 is 6.03 Å². The van der Waals surface area contributed by atoms with E-state index in [1.807, 2.05) is 10.6 Å². The van der Waals surface area contributed by atoms with E-state index in [4.69, 9.17) is 9.15 Å². The molecule has 1 aliphatic heterocycles. The van der Waals surface area contributed by atoms with Crippen LogP contribution in [0, 0.1) is 0 Å². The molecular weight excluding hydrogens is 304 g/mol. The summed E-state index contributed by atoms with van der Waals surface area (Å²) in [6, 6.07) is 3.88. The minimum Gasteiger partial charge on any atom is -0.493 e. The molecule has 1 aliphatic rings. The first-order chi connectivity index (χ1) is 11.0. The number of amides is 4. The Morgan fingerprint density at radius 3 is 2.43 bits per heavy atom. The highest BCUT2D eigenvalue weighted by molar-refractivity contribution is 6.31. The number of carbonyl (C=O) groups is 3. The summed E-state index contributed by atoms with van der Waals surface area (Å²) in [5.74, 6) is -1.38. The van der Waals surface area contributed by atoms with Gasteiger partial charge in [0.25, 0.3) is 11.8 Å². The van der Waals surface area contributed by atoms with Gasteiger partial charge in [-0.3, -0.25) is 25.0 Å². The highest BCUT2D eigenvalue weighted by Crippen LogP contribution is 2.23. The van der Waals surface area contributed by atoms with E-state index in [-0.39, 0.29) is 22.1 Å². The number of urea groups is 1. The molecular formula is C15H10N2O6. The van der Waals surface area contributed by atoms with Gasteiger partial charge in [0.05, 0.1) is 18.1 Å². The van der Waals surface area contributed by atoms with Crippen molar-refractivity contribution in [3.8, 4) is 5.75 Å². The molecule has 0 radical (unpaired) electrons. The Bertz CT molecular complexity index is 919. The average molecular weight is 314 g/mol. The first-order valence-electron chi connectivity index (χ1n) is 6.48. The van der Waals surface area contributed by atoms with E-state index in [0.29, 0.717) is 5.75 Å². The average Bonchev–Trinajstić information content (AvgIpc) is 2.52. The lowest BCUT2D eigenvalue weighted by Crippen LogP contribution is -2.51. The highest BCUT2D eigenvalue weighted by atomic mass is 16.5. The van der Waals surface area contributed by atoms with E-state index < -0.39 is 23.3 Å². The van der Waals surface area contributed by atoms with Crippen LogP contribution in [0.25, 0.3) is 17.0 Å². The Hall–Kier alpha value is -3.42. The molecule has 0 atom stereocenters. The lowest BCUT2D eigenvalue weighted by Gasteiger charge is -2.13. The summed E-state index contributed by atoms with van der Waals surface area (Å²) < 4.78 is 10.5. The van der Waals surface area contributed by atoms with Crippen molar-refractivity contribution >= 4 is 34.9 Å². The summed E-state index contributed by atoms with van der Waals surface area (Å²) in [7, 11) is 1.44. The van der Waals surface area contributed by atoms with Crippen LogP contribution in [0.4, 0.5) is 4.79 Å². The zero-order valence-corrected chi connectivity index (χ0v) is 11.8. The minimum atomic E-state index is -0.910. The number of fused-ring (bicyclic) bond motifs is 1. The number of carbonyl (C=O) groups excluding carboxylic acids is 3. The van der Waals surface area contributed by atoms with Gasteiger partial charge in [-0.25, -0.2) is 4.79 Å². The standard InChI is InChI=1S/C15H10N2O6/c1-22-10-4-2-3-8-11(18)7(6-23-12(8)10)5-9-13(19)16-15(21)17-14(9)20/h2-6H,1H3,(H2,16,17,19,20,21). The van der Waals surface area contributed by atoms with Crippen molar-refractivity contribution in [3.05, 3.63) is 45.8 Å². The highest BCUT2D eigenvalue weighted by Gasteiger charge is 2.28. The van der Waals surface area contributed by atoms with Gasteiger partial charge in [0.1, 0.15) is 11.8 Å². The van der Waals surface area contributed by atoms with Gasteiger partial charge in [0.15, 0.2) is 16.8 Å². The number of nitrogens with one attached hydrogen (secondary N) is 2. The quantitative estimate of drug-likeness (QED) is 0.618. The molecule has 8 heteroatoms. The molecule has 2 heterocycles. The number of barbiturate groups is 1. The molecule has 0 bridgehead atoms. The smallest absolute Gasteiger partial charge is 0.328 e. The molecule has 2 aromatic rings. The Morgan fingerprint density at radius 1 is 1.09 bits per heavy atom. The summed E-state index contributed by atoms with van der Waals surface area (Å²) in [5.41, 5.74) is -0.537. The van der Waals surface area contributed by atoms with E-state index in [1.54, 1.807) is 12.1 Å². The zero-order valence-electron chi connectivity index (χ0n) is 11.8. The number of imide groups is 2. The van der Waals surface area contributed by atoms with Crippen molar-refractivity contribution < 1.29 is 23.5 Å². The molecule has 116 valence electrons. The molecule has 23 heavy (non-hydrogen) atoms. The number of methoxy groups -OCH3 is 1. The van der Waals surface area contributed by atoms with Gasteiger partial charge in [0, 0.05) is 0 Å². The lowest BCUT2D eigenvalue weighted by atomic mass is 10.1. The van der Waals surface area contributed by atoms with Crippen LogP contribution in [0.5, 0.6) is 5.75 Å². The second-order valence-corrected chi connectivity index (χ2v) is 4.65. The first-order valence-corrected chi connectivity index (χ1v) is 6.48. The minimum absolute atomic E-state index is 0.000372. The molecule has 1 fully saturated rings. The van der Waals surface area contributed by atoms with Crippen LogP contribution in [0.3, 0.4) is 0 Å². The van der Waals surface area contributed by atoms with Gasteiger partial charge in [0.2, 0.25) is 0 Å².